The van der Waals surface area contributed by atoms with E-state index < -0.39 is 24.4 Å². The van der Waals surface area contributed by atoms with Crippen molar-refractivity contribution in [2.24, 2.45) is 5.92 Å². The van der Waals surface area contributed by atoms with Crippen LogP contribution in [-0.2, 0) is 4.79 Å². The van der Waals surface area contributed by atoms with E-state index in [1.807, 2.05) is 5.32 Å². The van der Waals surface area contributed by atoms with Crippen LogP contribution in [0.1, 0.15) is 46.3 Å². The number of nitrogens with zero attached hydrogens (tertiary/aromatic N) is 4. The minimum atomic E-state index is -2.81. The molecule has 36 heavy (non-hydrogen) atoms. The van der Waals surface area contributed by atoms with Crippen LogP contribution in [0.4, 0.5) is 21.6 Å². The molecule has 2 heterocycles. The molecule has 5 rings (SSSR count). The SMILES string of the molecule is [2H]C([2H])([2H])NC(=O)c1nnc(NC(=O)C2CC2)cc1Nc1cc(F)cc(-c2cc(=O)n(C3CC3)cn2)c1OC. The molecule has 0 spiro atoms. The van der Waals surface area contributed by atoms with Gasteiger partial charge < -0.3 is 20.7 Å². The Morgan fingerprint density at radius 1 is 1.14 bits per heavy atom. The van der Waals surface area contributed by atoms with Gasteiger partial charge in [-0.05, 0) is 31.7 Å². The second-order valence-corrected chi connectivity index (χ2v) is 8.62. The molecule has 0 atom stereocenters. The number of methoxy groups -OCH3 is 1. The molecule has 0 saturated heterocycles. The summed E-state index contributed by atoms with van der Waals surface area (Å²) in [4.78, 5) is 41.9. The molecule has 2 aliphatic carbocycles. The maximum absolute atomic E-state index is 14.8. The van der Waals surface area contributed by atoms with E-state index in [1.54, 1.807) is 0 Å². The van der Waals surface area contributed by atoms with E-state index in [1.165, 1.54) is 30.1 Å². The minimum Gasteiger partial charge on any atom is -0.494 e. The van der Waals surface area contributed by atoms with Crippen LogP contribution in [0.5, 0.6) is 5.75 Å². The number of anilines is 3. The lowest BCUT2D eigenvalue weighted by Gasteiger charge is -2.17. The van der Waals surface area contributed by atoms with Crippen molar-refractivity contribution in [3.63, 3.8) is 0 Å². The number of rotatable bonds is 8. The summed E-state index contributed by atoms with van der Waals surface area (Å²) in [6.45, 7) is -2.81. The van der Waals surface area contributed by atoms with Crippen LogP contribution in [0, 0.1) is 11.7 Å². The molecule has 3 N–H and O–H groups in total. The lowest BCUT2D eigenvalue weighted by Crippen LogP contribution is -2.22. The largest absolute Gasteiger partial charge is 0.494 e. The fourth-order valence-electron chi connectivity index (χ4n) is 3.77. The molecule has 0 aliphatic heterocycles. The van der Waals surface area contributed by atoms with Gasteiger partial charge >= 0.3 is 0 Å². The zero-order valence-electron chi connectivity index (χ0n) is 22.2. The molecule has 12 heteroatoms. The first kappa shape index (κ1) is 19.9. The van der Waals surface area contributed by atoms with Crippen molar-refractivity contribution in [2.75, 3.05) is 24.7 Å². The highest BCUT2D eigenvalue weighted by Gasteiger charge is 2.30. The van der Waals surface area contributed by atoms with E-state index in [4.69, 9.17) is 8.85 Å². The number of ether oxygens (including phenoxy) is 1. The quantitative estimate of drug-likeness (QED) is 0.432. The van der Waals surface area contributed by atoms with Crippen molar-refractivity contribution in [1.29, 1.82) is 0 Å². The van der Waals surface area contributed by atoms with Crippen LogP contribution in [0.2, 0.25) is 0 Å². The summed E-state index contributed by atoms with van der Waals surface area (Å²) >= 11 is 0. The number of nitrogens with one attached hydrogen (secondary N) is 3. The van der Waals surface area contributed by atoms with Crippen LogP contribution in [-0.4, -0.2) is 45.6 Å². The third kappa shape index (κ3) is 4.74. The third-order valence-electron chi connectivity index (χ3n) is 5.90. The van der Waals surface area contributed by atoms with Gasteiger partial charge in [0.15, 0.2) is 17.3 Å². The molecule has 2 saturated carbocycles. The van der Waals surface area contributed by atoms with Gasteiger partial charge in [-0.15, -0.1) is 10.2 Å². The molecule has 2 aromatic heterocycles. The fourth-order valence-corrected chi connectivity index (χ4v) is 3.77. The Labute approximate surface area is 209 Å². The highest BCUT2D eigenvalue weighted by Crippen LogP contribution is 2.39. The molecule has 0 unspecified atom stereocenters. The molecule has 2 amide bonds. The van der Waals surface area contributed by atoms with Gasteiger partial charge in [-0.25, -0.2) is 9.37 Å². The van der Waals surface area contributed by atoms with Crippen LogP contribution in [0.25, 0.3) is 11.3 Å². The second-order valence-electron chi connectivity index (χ2n) is 8.62. The topological polar surface area (TPSA) is 140 Å². The van der Waals surface area contributed by atoms with Crippen molar-refractivity contribution in [3.8, 4) is 17.0 Å². The first-order valence-corrected chi connectivity index (χ1v) is 11.3. The molecule has 3 aromatic rings. The predicted molar refractivity (Wildman–Crippen MR) is 129 cm³/mol. The monoisotopic (exact) mass is 496 g/mol. The second kappa shape index (κ2) is 9.36. The fraction of sp³-hybridized carbons (Fsp3) is 0.333. The number of hydrogen-bond acceptors (Lipinski definition) is 8. The molecule has 2 fully saturated rings. The van der Waals surface area contributed by atoms with Gasteiger partial charge in [0.05, 0.1) is 30.5 Å². The molecular weight excluding hydrogens is 469 g/mol. The summed E-state index contributed by atoms with van der Waals surface area (Å²) in [6, 6.07) is 4.91. The maximum atomic E-state index is 14.8. The lowest BCUT2D eigenvalue weighted by atomic mass is 10.1. The van der Waals surface area contributed by atoms with E-state index >= 15 is 0 Å². The zero-order valence-corrected chi connectivity index (χ0v) is 19.2. The van der Waals surface area contributed by atoms with E-state index in [0.29, 0.717) is 0 Å². The molecule has 0 radical (unpaired) electrons. The summed E-state index contributed by atoms with van der Waals surface area (Å²) in [7, 11) is 1.33. The highest BCUT2D eigenvalue weighted by atomic mass is 19.1. The molecular formula is C24H24FN7O4. The summed E-state index contributed by atoms with van der Waals surface area (Å²) < 4.78 is 43.9. The number of amides is 2. The highest BCUT2D eigenvalue weighted by molar-refractivity contribution is 6.00. The van der Waals surface area contributed by atoms with Gasteiger partial charge in [0, 0.05) is 46.8 Å². The van der Waals surface area contributed by atoms with Crippen LogP contribution < -0.4 is 26.2 Å². The van der Waals surface area contributed by atoms with Crippen molar-refractivity contribution >= 4 is 29.0 Å². The van der Waals surface area contributed by atoms with E-state index in [9.17, 15) is 18.8 Å². The van der Waals surface area contributed by atoms with Crippen LogP contribution >= 0.6 is 0 Å². The summed E-state index contributed by atoms with van der Waals surface area (Å²) in [5.74, 6) is -2.11. The molecule has 0 bridgehead atoms. The first-order chi connectivity index (χ1) is 18.5. The normalized spacial score (nSPS) is 16.3. The van der Waals surface area contributed by atoms with Gasteiger partial charge in [-0.1, -0.05) is 0 Å². The molecule has 11 nitrogen and oxygen atoms in total. The van der Waals surface area contributed by atoms with Crippen molar-refractivity contribution in [1.82, 2.24) is 25.1 Å². The van der Waals surface area contributed by atoms with E-state index in [0.717, 1.165) is 37.8 Å². The van der Waals surface area contributed by atoms with Gasteiger partial charge in [-0.3, -0.25) is 19.0 Å². The zero-order chi connectivity index (χ0) is 27.9. The summed E-state index contributed by atoms with van der Waals surface area (Å²) in [6.07, 6.45) is 4.67. The molecule has 2 aliphatic rings. The van der Waals surface area contributed by atoms with Gasteiger partial charge in [-0.2, -0.15) is 0 Å². The van der Waals surface area contributed by atoms with Crippen molar-refractivity contribution in [3.05, 3.63) is 52.5 Å². The Morgan fingerprint density at radius 2 is 1.94 bits per heavy atom. The molecule has 1 aromatic carbocycles. The Balaban J connectivity index is 1.54. The van der Waals surface area contributed by atoms with E-state index in [-0.39, 0.29) is 57.6 Å². The number of benzene rings is 1. The van der Waals surface area contributed by atoms with Gasteiger partial charge in [0.25, 0.3) is 11.5 Å². The van der Waals surface area contributed by atoms with E-state index in [2.05, 4.69) is 25.8 Å². The van der Waals surface area contributed by atoms with Gasteiger partial charge in [0.2, 0.25) is 5.91 Å². The number of carbonyl (C=O) groups is 2. The minimum absolute atomic E-state index is 0.000722. The van der Waals surface area contributed by atoms with Crippen LogP contribution in [0.15, 0.2) is 35.4 Å². The number of hydrogen-bond donors (Lipinski definition) is 3. The van der Waals surface area contributed by atoms with Crippen molar-refractivity contribution in [2.45, 2.75) is 31.7 Å². The first-order valence-electron chi connectivity index (χ1n) is 12.8. The Morgan fingerprint density at radius 3 is 2.61 bits per heavy atom. The maximum Gasteiger partial charge on any atom is 0.273 e. The standard InChI is InChI=1S/C24H24FN7O4/c1-26-24(35)21-17(9-19(30-31-21)29-23(34)12-3-4-12)28-18-8-13(25)7-15(22(18)36-2)16-10-20(33)32(11-27-16)14-5-6-14/h7-12,14H,3-6H2,1-2H3,(H,26,35)(H2,28,29,30,34)/i1D3. The lowest BCUT2D eigenvalue weighted by molar-refractivity contribution is -0.117. The Hall–Kier alpha value is -4.35. The Kier molecular flexibility index (Phi) is 5.18. The number of aromatic nitrogens is 4. The number of halogens is 1. The van der Waals surface area contributed by atoms with Gasteiger partial charge in [0.1, 0.15) is 5.82 Å². The predicted octanol–water partition coefficient (Wildman–Crippen LogP) is 2.63. The summed E-state index contributed by atoms with van der Waals surface area (Å²) in [5.41, 5.74) is -0.435. The molecule has 186 valence electrons. The van der Waals surface area contributed by atoms with Crippen molar-refractivity contribution < 1.29 is 22.8 Å². The average Bonchev–Trinajstić information content (AvgIpc) is 3.76. The number of carbonyl (C=O) groups excluding carboxylic acids is 2. The Bertz CT molecular complexity index is 1520. The summed E-state index contributed by atoms with van der Waals surface area (Å²) in [5, 5.41) is 14.9. The average molecular weight is 497 g/mol. The third-order valence-corrected chi connectivity index (χ3v) is 5.90. The smallest absolute Gasteiger partial charge is 0.273 e. The van der Waals surface area contributed by atoms with Crippen LogP contribution in [0.3, 0.4) is 0 Å².